The maximum atomic E-state index is 12.3. The maximum absolute atomic E-state index is 12.3. The summed E-state index contributed by atoms with van der Waals surface area (Å²) in [6.45, 7) is 2.73. The Balaban J connectivity index is 1.80. The van der Waals surface area contributed by atoms with Crippen molar-refractivity contribution in [2.45, 2.75) is 13.3 Å². The summed E-state index contributed by atoms with van der Waals surface area (Å²) in [5.74, 6) is 2.87. The molecule has 0 bridgehead atoms. The minimum absolute atomic E-state index is 0.0678. The van der Waals surface area contributed by atoms with Crippen LogP contribution >= 0.6 is 23.1 Å². The van der Waals surface area contributed by atoms with Crippen LogP contribution in [-0.2, 0) is 0 Å². The number of amides is 1. The summed E-state index contributed by atoms with van der Waals surface area (Å²) < 4.78 is 0. The molecule has 6 heteroatoms. The monoisotopic (exact) mass is 307 g/mol. The van der Waals surface area contributed by atoms with Gasteiger partial charge in [0.2, 0.25) is 0 Å². The number of hydrogen-bond acceptors (Lipinski definition) is 5. The van der Waals surface area contributed by atoms with Gasteiger partial charge in [0.15, 0.2) is 0 Å². The lowest BCUT2D eigenvalue weighted by Gasteiger charge is -2.09. The van der Waals surface area contributed by atoms with Gasteiger partial charge >= 0.3 is 0 Å². The van der Waals surface area contributed by atoms with Crippen LogP contribution < -0.4 is 11.1 Å². The fraction of sp³-hybridized carbons (Fsp3) is 0.429. The number of anilines is 1. The number of nitrogen functional groups attached to an aromatic ring is 1. The second-order valence-electron chi connectivity index (χ2n) is 5.09. The van der Waals surface area contributed by atoms with Gasteiger partial charge in [-0.1, -0.05) is 0 Å². The molecule has 1 fully saturated rings. The van der Waals surface area contributed by atoms with Gasteiger partial charge in [-0.3, -0.25) is 4.79 Å². The first-order valence-electron chi connectivity index (χ1n) is 6.66. The van der Waals surface area contributed by atoms with Gasteiger partial charge in [0.05, 0.1) is 5.69 Å². The molecule has 1 aliphatic heterocycles. The Hall–Kier alpha value is -1.27. The number of aromatic nitrogens is 1. The predicted octanol–water partition coefficient (Wildman–Crippen LogP) is 2.67. The smallest absolute Gasteiger partial charge is 0.263 e. The summed E-state index contributed by atoms with van der Waals surface area (Å²) in [5.41, 5.74) is 7.76. The minimum atomic E-state index is -0.0678. The van der Waals surface area contributed by atoms with E-state index >= 15 is 0 Å². The summed E-state index contributed by atoms with van der Waals surface area (Å²) in [6, 6.07) is 1.92. The average molecular weight is 307 g/mol. The van der Waals surface area contributed by atoms with Crippen LogP contribution in [0.5, 0.6) is 0 Å². The fourth-order valence-corrected chi connectivity index (χ4v) is 4.78. The molecule has 1 aliphatic rings. The van der Waals surface area contributed by atoms with Gasteiger partial charge in [-0.2, -0.15) is 11.8 Å². The Labute approximate surface area is 126 Å². The van der Waals surface area contributed by atoms with Crippen LogP contribution in [0.3, 0.4) is 0 Å². The van der Waals surface area contributed by atoms with Gasteiger partial charge in [0.1, 0.15) is 9.71 Å². The van der Waals surface area contributed by atoms with Crippen LogP contribution in [0.2, 0.25) is 0 Å². The van der Waals surface area contributed by atoms with Gasteiger partial charge in [-0.25, -0.2) is 4.98 Å². The molecule has 1 atom stereocenters. The molecule has 3 heterocycles. The molecule has 0 spiro atoms. The van der Waals surface area contributed by atoms with Crippen LogP contribution in [0, 0.1) is 12.8 Å². The van der Waals surface area contributed by atoms with Gasteiger partial charge in [-0.15, -0.1) is 11.3 Å². The van der Waals surface area contributed by atoms with Crippen molar-refractivity contribution in [3.8, 4) is 0 Å². The third-order valence-corrected chi connectivity index (χ3v) is 5.96. The number of thiophene rings is 1. The quantitative estimate of drug-likeness (QED) is 0.915. The summed E-state index contributed by atoms with van der Waals surface area (Å²) in [6.07, 6.45) is 2.94. The number of thioether (sulfide) groups is 1. The lowest BCUT2D eigenvalue weighted by Crippen LogP contribution is -2.29. The molecule has 1 saturated heterocycles. The number of carbonyl (C=O) groups excluding carboxylic acids is 1. The molecule has 3 N–H and O–H groups in total. The number of pyridine rings is 1. The average Bonchev–Trinajstić information content (AvgIpc) is 3.05. The van der Waals surface area contributed by atoms with Crippen molar-refractivity contribution in [1.82, 2.24) is 10.3 Å². The van der Waals surface area contributed by atoms with Crippen LogP contribution in [0.4, 0.5) is 5.69 Å². The molecule has 1 amide bonds. The third kappa shape index (κ3) is 2.50. The Bertz CT molecular complexity index is 647. The number of carbonyl (C=O) groups is 1. The maximum Gasteiger partial charge on any atom is 0.263 e. The number of nitrogens with two attached hydrogens (primary N) is 1. The molecule has 20 heavy (non-hydrogen) atoms. The van der Waals surface area contributed by atoms with E-state index in [2.05, 4.69) is 10.3 Å². The second-order valence-corrected chi connectivity index (χ2v) is 7.24. The normalized spacial score (nSPS) is 18.6. The van der Waals surface area contributed by atoms with E-state index < -0.39 is 0 Å². The molecule has 0 aliphatic carbocycles. The largest absolute Gasteiger partial charge is 0.397 e. The number of rotatable bonds is 3. The first-order valence-corrected chi connectivity index (χ1v) is 8.63. The standard InChI is InChI=1S/C14H17N3OS2/c1-8-2-4-16-14-10(8)11(15)12(20-14)13(18)17-6-9-3-5-19-7-9/h2,4,9H,3,5-7,15H2,1H3,(H,17,18). The van der Waals surface area contributed by atoms with Gasteiger partial charge in [0.25, 0.3) is 5.91 Å². The number of nitrogens with one attached hydrogen (secondary N) is 1. The topological polar surface area (TPSA) is 68.0 Å². The summed E-state index contributed by atoms with van der Waals surface area (Å²) in [4.78, 5) is 18.0. The lowest BCUT2D eigenvalue weighted by atomic mass is 10.1. The highest BCUT2D eigenvalue weighted by Gasteiger charge is 2.20. The molecule has 2 aromatic heterocycles. The van der Waals surface area contributed by atoms with E-state index in [0.29, 0.717) is 16.5 Å². The lowest BCUT2D eigenvalue weighted by molar-refractivity contribution is 0.0953. The number of fused-ring (bicyclic) bond motifs is 1. The van der Waals surface area contributed by atoms with Crippen molar-refractivity contribution in [1.29, 1.82) is 0 Å². The van der Waals surface area contributed by atoms with E-state index in [4.69, 9.17) is 5.73 Å². The molecule has 106 valence electrons. The van der Waals surface area contributed by atoms with Crippen LogP contribution in [-0.4, -0.2) is 28.9 Å². The van der Waals surface area contributed by atoms with E-state index in [9.17, 15) is 4.79 Å². The fourth-order valence-electron chi connectivity index (χ4n) is 2.43. The Morgan fingerprint density at radius 1 is 1.60 bits per heavy atom. The molecule has 0 saturated carbocycles. The highest BCUT2D eigenvalue weighted by Crippen LogP contribution is 2.34. The minimum Gasteiger partial charge on any atom is -0.397 e. The van der Waals surface area contributed by atoms with Crippen molar-refractivity contribution >= 4 is 44.9 Å². The van der Waals surface area contributed by atoms with Crippen LogP contribution in [0.25, 0.3) is 10.2 Å². The first kappa shape index (κ1) is 13.7. The zero-order valence-electron chi connectivity index (χ0n) is 11.3. The zero-order chi connectivity index (χ0) is 14.1. The van der Waals surface area contributed by atoms with E-state index in [1.807, 2.05) is 24.8 Å². The zero-order valence-corrected chi connectivity index (χ0v) is 12.9. The SMILES string of the molecule is Cc1ccnc2sc(C(=O)NCC3CCSC3)c(N)c12. The Morgan fingerprint density at radius 3 is 3.15 bits per heavy atom. The van der Waals surface area contributed by atoms with E-state index in [-0.39, 0.29) is 5.91 Å². The number of hydrogen-bond donors (Lipinski definition) is 2. The Morgan fingerprint density at radius 2 is 2.45 bits per heavy atom. The van der Waals surface area contributed by atoms with Crippen molar-refractivity contribution < 1.29 is 4.79 Å². The number of nitrogens with zero attached hydrogens (tertiary/aromatic N) is 1. The van der Waals surface area contributed by atoms with Crippen molar-refractivity contribution in [2.75, 3.05) is 23.8 Å². The highest BCUT2D eigenvalue weighted by molar-refractivity contribution is 7.99. The van der Waals surface area contributed by atoms with E-state index in [0.717, 1.165) is 28.1 Å². The summed E-state index contributed by atoms with van der Waals surface area (Å²) >= 11 is 3.33. The molecule has 1 unspecified atom stereocenters. The summed E-state index contributed by atoms with van der Waals surface area (Å²) in [5, 5.41) is 3.93. The Kier molecular flexibility index (Phi) is 3.85. The van der Waals surface area contributed by atoms with Gasteiger partial charge < -0.3 is 11.1 Å². The third-order valence-electron chi connectivity index (χ3n) is 3.62. The molecular formula is C14H17N3OS2. The van der Waals surface area contributed by atoms with Crippen molar-refractivity contribution in [3.05, 3.63) is 22.7 Å². The van der Waals surface area contributed by atoms with E-state index in [1.165, 1.54) is 23.5 Å². The van der Waals surface area contributed by atoms with Gasteiger partial charge in [-0.05, 0) is 42.4 Å². The molecular weight excluding hydrogens is 290 g/mol. The predicted molar refractivity (Wildman–Crippen MR) is 86.5 cm³/mol. The van der Waals surface area contributed by atoms with Crippen molar-refractivity contribution in [3.63, 3.8) is 0 Å². The first-order chi connectivity index (χ1) is 9.66. The molecule has 0 radical (unpaired) electrons. The van der Waals surface area contributed by atoms with Crippen LogP contribution in [0.1, 0.15) is 21.7 Å². The molecule has 4 nitrogen and oxygen atoms in total. The van der Waals surface area contributed by atoms with E-state index in [1.54, 1.807) is 6.20 Å². The molecule has 0 aromatic carbocycles. The van der Waals surface area contributed by atoms with Crippen LogP contribution in [0.15, 0.2) is 12.3 Å². The summed E-state index contributed by atoms with van der Waals surface area (Å²) in [7, 11) is 0. The van der Waals surface area contributed by atoms with Crippen molar-refractivity contribution in [2.24, 2.45) is 5.92 Å². The van der Waals surface area contributed by atoms with Gasteiger partial charge in [0, 0.05) is 18.1 Å². The molecule has 2 aromatic rings. The highest BCUT2D eigenvalue weighted by atomic mass is 32.2. The second kappa shape index (κ2) is 5.61. The molecule has 3 rings (SSSR count). The number of aryl methyl sites for hydroxylation is 1.